The van der Waals surface area contributed by atoms with Gasteiger partial charge in [0.2, 0.25) is 11.8 Å². The fourth-order valence-electron chi connectivity index (χ4n) is 5.59. The van der Waals surface area contributed by atoms with Gasteiger partial charge in [-0.25, -0.2) is 9.69 Å². The molecule has 4 atom stereocenters. The summed E-state index contributed by atoms with van der Waals surface area (Å²) in [5, 5.41) is 0. The second-order valence-electron chi connectivity index (χ2n) is 9.06. The zero-order chi connectivity index (χ0) is 22.9. The van der Waals surface area contributed by atoms with Gasteiger partial charge >= 0.3 is 6.03 Å². The first-order valence-corrected chi connectivity index (χ1v) is 10.9. The van der Waals surface area contributed by atoms with Crippen LogP contribution in [0.1, 0.15) is 36.6 Å². The van der Waals surface area contributed by atoms with Gasteiger partial charge in [0, 0.05) is 6.54 Å². The van der Waals surface area contributed by atoms with Crippen molar-refractivity contribution in [3.05, 3.63) is 65.2 Å². The number of hydrogen-bond donors (Lipinski definition) is 0. The highest BCUT2D eigenvalue weighted by atomic mass is 16.2. The number of amides is 5. The van der Waals surface area contributed by atoms with Gasteiger partial charge in [-0.1, -0.05) is 47.5 Å². The summed E-state index contributed by atoms with van der Waals surface area (Å²) in [7, 11) is 0. The van der Waals surface area contributed by atoms with E-state index in [9.17, 15) is 19.2 Å². The predicted octanol–water partition coefficient (Wildman–Crippen LogP) is 3.21. The Labute approximate surface area is 186 Å². The minimum atomic E-state index is -1.43. The maximum Gasteiger partial charge on any atom is 0.332 e. The zero-order valence-electron chi connectivity index (χ0n) is 18.5. The summed E-state index contributed by atoms with van der Waals surface area (Å²) in [6.07, 6.45) is 0. The van der Waals surface area contributed by atoms with Crippen LogP contribution in [0, 0.1) is 25.7 Å². The topological polar surface area (TPSA) is 78.0 Å². The van der Waals surface area contributed by atoms with Crippen molar-refractivity contribution in [2.45, 2.75) is 39.3 Å². The van der Waals surface area contributed by atoms with Crippen LogP contribution < -0.4 is 4.90 Å². The first-order chi connectivity index (χ1) is 15.2. The second-order valence-corrected chi connectivity index (χ2v) is 9.06. The number of aryl methyl sites for hydroxylation is 2. The van der Waals surface area contributed by atoms with Crippen LogP contribution in [-0.2, 0) is 14.4 Å². The van der Waals surface area contributed by atoms with Crippen LogP contribution in [0.3, 0.4) is 0 Å². The fourth-order valence-corrected chi connectivity index (χ4v) is 5.59. The highest BCUT2D eigenvalue weighted by Gasteiger charge is 2.75. The largest absolute Gasteiger partial charge is 0.332 e. The molecule has 164 valence electrons. The number of likely N-dealkylation sites (tertiary alicyclic amines) is 1. The van der Waals surface area contributed by atoms with Crippen LogP contribution in [0.5, 0.6) is 0 Å². The number of urea groups is 1. The standard InChI is InChI=1S/C25H25N3O4/c1-5-26-21(29)18-19(22(26)30)25(4)23(31)27(17-12-8-15(3)9-13-17)24(32)28(25)20(18)16-10-6-14(2)7-11-16/h6-13,18-20H,5H2,1-4H3/t18-,19-,20-,25-/m1/s1. The molecule has 0 bridgehead atoms. The van der Waals surface area contributed by atoms with Crippen LogP contribution >= 0.6 is 0 Å². The van der Waals surface area contributed by atoms with Gasteiger partial charge in [-0.2, -0.15) is 0 Å². The molecule has 0 aromatic heterocycles. The number of hydrogen-bond acceptors (Lipinski definition) is 4. The number of carbonyl (C=O) groups is 4. The summed E-state index contributed by atoms with van der Waals surface area (Å²) < 4.78 is 0. The van der Waals surface area contributed by atoms with Crippen LogP contribution in [0.15, 0.2) is 48.5 Å². The smallest absolute Gasteiger partial charge is 0.301 e. The number of imide groups is 2. The van der Waals surface area contributed by atoms with Crippen molar-refractivity contribution in [1.82, 2.24) is 9.80 Å². The van der Waals surface area contributed by atoms with Gasteiger partial charge in [0.05, 0.1) is 23.6 Å². The molecule has 0 N–H and O–H groups in total. The molecule has 5 amide bonds. The minimum Gasteiger partial charge on any atom is -0.301 e. The number of rotatable bonds is 3. The Morgan fingerprint density at radius 1 is 0.844 bits per heavy atom. The maximum atomic E-state index is 13.8. The lowest BCUT2D eigenvalue weighted by Gasteiger charge is -2.32. The van der Waals surface area contributed by atoms with E-state index in [1.165, 1.54) is 9.80 Å². The Kier molecular flexibility index (Phi) is 4.31. The van der Waals surface area contributed by atoms with Crippen molar-refractivity contribution in [2.24, 2.45) is 11.8 Å². The molecule has 3 aliphatic heterocycles. The third kappa shape index (κ3) is 2.42. The lowest BCUT2D eigenvalue weighted by Crippen LogP contribution is -2.51. The molecule has 2 aromatic carbocycles. The molecule has 0 spiro atoms. The molecule has 2 aromatic rings. The van der Waals surface area contributed by atoms with Gasteiger partial charge < -0.3 is 4.90 Å². The van der Waals surface area contributed by atoms with Gasteiger partial charge in [-0.3, -0.25) is 19.3 Å². The van der Waals surface area contributed by atoms with Crippen LogP contribution in [0.25, 0.3) is 0 Å². The molecule has 32 heavy (non-hydrogen) atoms. The summed E-state index contributed by atoms with van der Waals surface area (Å²) in [6, 6.07) is 13.5. The fraction of sp³-hybridized carbons (Fsp3) is 0.360. The SMILES string of the molecule is CCN1C(=O)[C@H]2[C@@H](c3ccc(C)cc3)N3C(=O)N(c4ccc(C)cc4)C(=O)[C@@]3(C)[C@H]2C1=O. The Morgan fingerprint density at radius 3 is 1.97 bits per heavy atom. The molecule has 7 heteroatoms. The molecular weight excluding hydrogens is 406 g/mol. The highest BCUT2D eigenvalue weighted by Crippen LogP contribution is 2.58. The summed E-state index contributed by atoms with van der Waals surface area (Å²) in [5.41, 5.74) is 1.83. The highest BCUT2D eigenvalue weighted by molar-refractivity contribution is 6.26. The van der Waals surface area contributed by atoms with Crippen LogP contribution in [0.2, 0.25) is 0 Å². The van der Waals surface area contributed by atoms with Crippen molar-refractivity contribution < 1.29 is 19.2 Å². The van der Waals surface area contributed by atoms with E-state index in [0.717, 1.165) is 21.6 Å². The average molecular weight is 431 g/mol. The first kappa shape index (κ1) is 20.4. The third-order valence-electron chi connectivity index (χ3n) is 7.23. The summed E-state index contributed by atoms with van der Waals surface area (Å²) in [4.78, 5) is 58.0. The second kappa shape index (κ2) is 6.76. The van der Waals surface area contributed by atoms with E-state index < -0.39 is 35.4 Å². The molecule has 0 radical (unpaired) electrons. The predicted molar refractivity (Wildman–Crippen MR) is 118 cm³/mol. The molecule has 3 heterocycles. The van der Waals surface area contributed by atoms with E-state index >= 15 is 0 Å². The molecule has 5 rings (SSSR count). The quantitative estimate of drug-likeness (QED) is 0.552. The third-order valence-corrected chi connectivity index (χ3v) is 7.23. The maximum absolute atomic E-state index is 13.8. The van der Waals surface area contributed by atoms with Crippen molar-refractivity contribution in [3.8, 4) is 0 Å². The van der Waals surface area contributed by atoms with E-state index in [2.05, 4.69) is 0 Å². The van der Waals surface area contributed by atoms with E-state index in [-0.39, 0.29) is 18.4 Å². The monoisotopic (exact) mass is 431 g/mol. The Balaban J connectivity index is 1.70. The number of fused-ring (bicyclic) bond motifs is 3. The lowest BCUT2D eigenvalue weighted by molar-refractivity contribution is -0.143. The molecular formula is C25H25N3O4. The van der Waals surface area contributed by atoms with E-state index in [1.807, 2.05) is 50.2 Å². The molecule has 3 aliphatic rings. The summed E-state index contributed by atoms with van der Waals surface area (Å²) in [5.74, 6) is -2.84. The van der Waals surface area contributed by atoms with Gasteiger partial charge in [0.15, 0.2) is 0 Å². The molecule has 0 unspecified atom stereocenters. The van der Waals surface area contributed by atoms with Crippen LogP contribution in [0.4, 0.5) is 10.5 Å². The van der Waals surface area contributed by atoms with Crippen molar-refractivity contribution in [1.29, 1.82) is 0 Å². The van der Waals surface area contributed by atoms with Gasteiger partial charge in [0.1, 0.15) is 5.54 Å². The van der Waals surface area contributed by atoms with E-state index in [4.69, 9.17) is 0 Å². The lowest BCUT2D eigenvalue weighted by atomic mass is 9.79. The summed E-state index contributed by atoms with van der Waals surface area (Å²) in [6.45, 7) is 7.51. The van der Waals surface area contributed by atoms with Crippen molar-refractivity contribution >= 4 is 29.4 Å². The summed E-state index contributed by atoms with van der Waals surface area (Å²) >= 11 is 0. The molecule has 0 aliphatic carbocycles. The normalized spacial score (nSPS) is 29.2. The molecule has 3 fully saturated rings. The number of nitrogens with zero attached hydrogens (tertiary/aromatic N) is 3. The number of carbonyl (C=O) groups excluding carboxylic acids is 4. The van der Waals surface area contributed by atoms with Gasteiger partial charge in [0.25, 0.3) is 5.91 Å². The molecule has 0 saturated carbocycles. The number of anilines is 1. The van der Waals surface area contributed by atoms with Crippen LogP contribution in [-0.4, -0.2) is 45.6 Å². The average Bonchev–Trinajstić information content (AvgIpc) is 3.27. The van der Waals surface area contributed by atoms with Gasteiger partial charge in [-0.15, -0.1) is 0 Å². The van der Waals surface area contributed by atoms with E-state index in [1.54, 1.807) is 26.0 Å². The Morgan fingerprint density at radius 2 is 1.41 bits per heavy atom. The minimum absolute atomic E-state index is 0.241. The van der Waals surface area contributed by atoms with Crippen molar-refractivity contribution in [3.63, 3.8) is 0 Å². The first-order valence-electron chi connectivity index (χ1n) is 10.9. The van der Waals surface area contributed by atoms with Gasteiger partial charge in [-0.05, 0) is 45.4 Å². The zero-order valence-corrected chi connectivity index (χ0v) is 18.5. The molecule has 7 nitrogen and oxygen atoms in total. The van der Waals surface area contributed by atoms with E-state index in [0.29, 0.717) is 5.69 Å². The van der Waals surface area contributed by atoms with Crippen molar-refractivity contribution in [2.75, 3.05) is 11.4 Å². The Bertz CT molecular complexity index is 1160. The number of benzene rings is 2. The Hall–Kier alpha value is -3.48. The molecule has 3 saturated heterocycles.